The summed E-state index contributed by atoms with van der Waals surface area (Å²) in [7, 11) is 0. The van der Waals surface area contributed by atoms with Crippen LogP contribution in [0.2, 0.25) is 3.97 Å². The molecule has 1 aliphatic carbocycles. The fourth-order valence-corrected chi connectivity index (χ4v) is 10.8. The van der Waals surface area contributed by atoms with Gasteiger partial charge in [-0.2, -0.15) is 0 Å². The van der Waals surface area contributed by atoms with Gasteiger partial charge in [-0.05, 0) is 0 Å². The molecule has 3 heteroatoms. The molecule has 22 heavy (non-hydrogen) atoms. The Balaban J connectivity index is 1.66. The number of hydrogen-bond acceptors (Lipinski definition) is 0. The first-order chi connectivity index (χ1) is 10.7. The van der Waals surface area contributed by atoms with Gasteiger partial charge in [-0.25, -0.2) is 0 Å². The summed E-state index contributed by atoms with van der Waals surface area (Å²) in [5.41, 5.74) is 1.44. The molecule has 3 aromatic rings. The molecule has 110 valence electrons. The predicted octanol–water partition coefficient (Wildman–Crippen LogP) is 5.24. The van der Waals surface area contributed by atoms with Crippen LogP contribution in [0.15, 0.2) is 72.8 Å². The van der Waals surface area contributed by atoms with Gasteiger partial charge in [-0.3, -0.25) is 0 Å². The van der Waals surface area contributed by atoms with E-state index in [1.165, 1.54) is 16.3 Å². The Morgan fingerprint density at radius 3 is 2.27 bits per heavy atom. The number of rotatable bonds is 3. The standard InChI is InChI=1S/C19H14Br2Te/c20-19(21)17(14-8-2-1-3-9-14)18(19)22-16-12-6-10-13-7-4-5-11-15(13)16/h1-12,17-18H. The van der Waals surface area contributed by atoms with Crippen molar-refractivity contribution in [2.24, 2.45) is 0 Å². The Labute approximate surface area is 157 Å². The van der Waals surface area contributed by atoms with Crippen LogP contribution in [0.4, 0.5) is 0 Å². The summed E-state index contributed by atoms with van der Waals surface area (Å²) < 4.78 is 2.35. The van der Waals surface area contributed by atoms with Gasteiger partial charge in [0, 0.05) is 0 Å². The van der Waals surface area contributed by atoms with Crippen LogP contribution in [0, 0.1) is 0 Å². The first kappa shape index (κ1) is 15.2. The topological polar surface area (TPSA) is 0 Å². The van der Waals surface area contributed by atoms with Crippen molar-refractivity contribution < 1.29 is 0 Å². The second-order valence-electron chi connectivity index (χ2n) is 5.58. The molecule has 4 rings (SSSR count). The molecule has 0 aromatic heterocycles. The van der Waals surface area contributed by atoms with E-state index < -0.39 is 0 Å². The van der Waals surface area contributed by atoms with E-state index >= 15 is 0 Å². The van der Waals surface area contributed by atoms with Crippen molar-refractivity contribution in [1.29, 1.82) is 0 Å². The van der Waals surface area contributed by atoms with Gasteiger partial charge in [-0.1, -0.05) is 0 Å². The van der Waals surface area contributed by atoms with Gasteiger partial charge in [0.15, 0.2) is 0 Å². The van der Waals surface area contributed by atoms with Crippen LogP contribution < -0.4 is 3.61 Å². The first-order valence-electron chi connectivity index (χ1n) is 7.25. The van der Waals surface area contributed by atoms with Crippen LogP contribution in [-0.4, -0.2) is 24.2 Å². The summed E-state index contributed by atoms with van der Waals surface area (Å²) in [6.07, 6.45) is 0. The third kappa shape index (κ3) is 2.67. The van der Waals surface area contributed by atoms with Gasteiger partial charge >= 0.3 is 159 Å². The molecule has 0 amide bonds. The molecule has 1 saturated carbocycles. The van der Waals surface area contributed by atoms with Crippen molar-refractivity contribution in [3.05, 3.63) is 78.4 Å². The number of alkyl halides is 2. The molecule has 0 radical (unpaired) electrons. The summed E-state index contributed by atoms with van der Waals surface area (Å²) in [6.45, 7) is 0. The number of hydrogen-bond donors (Lipinski definition) is 0. The minimum absolute atomic E-state index is 0.0839. The fraction of sp³-hybridized carbons (Fsp3) is 0.158. The van der Waals surface area contributed by atoms with Crippen LogP contribution in [0.1, 0.15) is 11.5 Å². The maximum atomic E-state index is 3.93. The molecule has 0 heterocycles. The molecule has 2 unspecified atom stereocenters. The average molecular weight is 530 g/mol. The molecule has 0 nitrogen and oxygen atoms in total. The molecule has 3 aromatic carbocycles. The first-order valence-corrected chi connectivity index (χ1v) is 11.3. The SMILES string of the molecule is BrC1(Br)C([Te]c2cccc3ccccc23)C1c1ccccc1. The molecular weight excluding hydrogens is 516 g/mol. The van der Waals surface area contributed by atoms with E-state index in [4.69, 9.17) is 0 Å². The molecule has 0 aliphatic heterocycles. The summed E-state index contributed by atoms with van der Waals surface area (Å²) in [5.74, 6) is 0.579. The average Bonchev–Trinajstić information content (AvgIpc) is 3.09. The molecule has 0 saturated heterocycles. The summed E-state index contributed by atoms with van der Waals surface area (Å²) in [5, 5.41) is 2.79. The minimum atomic E-state index is -0.283. The fourth-order valence-electron chi connectivity index (χ4n) is 2.94. The molecule has 2 atom stereocenters. The van der Waals surface area contributed by atoms with Crippen LogP contribution in [0.25, 0.3) is 10.8 Å². The van der Waals surface area contributed by atoms with E-state index in [-0.39, 0.29) is 24.2 Å². The Morgan fingerprint density at radius 2 is 1.45 bits per heavy atom. The van der Waals surface area contributed by atoms with Gasteiger partial charge in [0.2, 0.25) is 0 Å². The van der Waals surface area contributed by atoms with E-state index in [0.29, 0.717) is 9.88 Å². The number of fused-ring (bicyclic) bond motifs is 1. The van der Waals surface area contributed by atoms with Crippen molar-refractivity contribution >= 4 is 67.2 Å². The van der Waals surface area contributed by atoms with Crippen LogP contribution in [0.5, 0.6) is 0 Å². The van der Waals surface area contributed by atoms with Crippen molar-refractivity contribution in [1.82, 2.24) is 0 Å². The molecule has 1 fully saturated rings. The van der Waals surface area contributed by atoms with Gasteiger partial charge in [0.05, 0.1) is 0 Å². The van der Waals surface area contributed by atoms with Gasteiger partial charge in [-0.15, -0.1) is 0 Å². The summed E-state index contributed by atoms with van der Waals surface area (Å²) >= 11 is 7.57. The van der Waals surface area contributed by atoms with E-state index in [1.54, 1.807) is 3.61 Å². The van der Waals surface area contributed by atoms with E-state index in [1.807, 2.05) is 0 Å². The van der Waals surface area contributed by atoms with E-state index in [9.17, 15) is 0 Å². The summed E-state index contributed by atoms with van der Waals surface area (Å²) in [6, 6.07) is 26.3. The van der Waals surface area contributed by atoms with Gasteiger partial charge in [0.25, 0.3) is 0 Å². The normalized spacial score (nSPS) is 22.6. The molecule has 0 N–H and O–H groups in total. The van der Waals surface area contributed by atoms with Crippen molar-refractivity contribution in [2.45, 2.75) is 13.1 Å². The van der Waals surface area contributed by atoms with Crippen molar-refractivity contribution in [3.8, 4) is 0 Å². The number of halogens is 2. The van der Waals surface area contributed by atoms with E-state index in [0.717, 1.165) is 0 Å². The molecule has 0 spiro atoms. The quantitative estimate of drug-likeness (QED) is 0.322. The van der Waals surface area contributed by atoms with Gasteiger partial charge < -0.3 is 0 Å². The Kier molecular flexibility index (Phi) is 4.11. The number of benzene rings is 3. The zero-order valence-electron chi connectivity index (χ0n) is 11.7. The third-order valence-corrected chi connectivity index (χ3v) is 12.3. The second kappa shape index (κ2) is 5.95. The van der Waals surface area contributed by atoms with Gasteiger partial charge in [0.1, 0.15) is 0 Å². The summed E-state index contributed by atoms with van der Waals surface area (Å²) in [4.78, 5) is 0. The molecule has 1 aliphatic rings. The third-order valence-electron chi connectivity index (χ3n) is 4.15. The monoisotopic (exact) mass is 530 g/mol. The Morgan fingerprint density at radius 1 is 0.773 bits per heavy atom. The zero-order chi connectivity index (χ0) is 15.2. The second-order valence-corrected chi connectivity index (χ2v) is 12.6. The molecule has 0 bridgehead atoms. The predicted molar refractivity (Wildman–Crippen MR) is 103 cm³/mol. The van der Waals surface area contributed by atoms with E-state index in [2.05, 4.69) is 105 Å². The van der Waals surface area contributed by atoms with Crippen LogP contribution in [0.3, 0.4) is 0 Å². The Bertz CT molecular complexity index is 809. The van der Waals surface area contributed by atoms with Crippen LogP contribution in [-0.2, 0) is 0 Å². The zero-order valence-corrected chi connectivity index (χ0v) is 17.2. The Hall–Kier alpha value is -0.330. The maximum absolute atomic E-state index is 3.93. The van der Waals surface area contributed by atoms with Crippen LogP contribution >= 0.6 is 31.9 Å². The molecular formula is C19H14Br2Te. The van der Waals surface area contributed by atoms with Crippen molar-refractivity contribution in [3.63, 3.8) is 0 Å². The van der Waals surface area contributed by atoms with Crippen molar-refractivity contribution in [2.75, 3.05) is 0 Å².